The van der Waals surface area contributed by atoms with Crippen LogP contribution in [0.15, 0.2) is 18.2 Å². The highest BCUT2D eigenvalue weighted by Gasteiger charge is 2.12. The highest BCUT2D eigenvalue weighted by atomic mass is 32.1. The van der Waals surface area contributed by atoms with Crippen molar-refractivity contribution >= 4 is 23.0 Å². The van der Waals surface area contributed by atoms with Crippen LogP contribution in [0.3, 0.4) is 0 Å². The quantitative estimate of drug-likeness (QED) is 0.830. The first-order valence-corrected chi connectivity index (χ1v) is 7.07. The maximum absolute atomic E-state index is 5.54. The number of anilines is 1. The molecule has 19 heavy (non-hydrogen) atoms. The fourth-order valence-corrected chi connectivity index (χ4v) is 2.34. The number of ether oxygens (including phenoxy) is 2. The van der Waals surface area contributed by atoms with Gasteiger partial charge in [-0.1, -0.05) is 13.3 Å². The molecule has 0 aromatic heterocycles. The normalized spacial score (nSPS) is 14.6. The molecular formula is C14H20N2O2S. The Morgan fingerprint density at radius 1 is 1.32 bits per heavy atom. The van der Waals surface area contributed by atoms with Gasteiger partial charge in [0, 0.05) is 17.8 Å². The van der Waals surface area contributed by atoms with Crippen LogP contribution in [0, 0.1) is 0 Å². The van der Waals surface area contributed by atoms with Crippen LogP contribution in [0.5, 0.6) is 11.5 Å². The Balaban J connectivity index is 1.93. The van der Waals surface area contributed by atoms with E-state index in [2.05, 4.69) is 24.5 Å². The maximum atomic E-state index is 5.54. The van der Waals surface area contributed by atoms with Crippen LogP contribution < -0.4 is 20.1 Å². The van der Waals surface area contributed by atoms with Gasteiger partial charge in [0.05, 0.1) is 0 Å². The number of rotatable bonds is 4. The highest BCUT2D eigenvalue weighted by Crippen LogP contribution is 2.32. The summed E-state index contributed by atoms with van der Waals surface area (Å²) in [5.74, 6) is 1.55. The number of fused-ring (bicyclic) bond motifs is 1. The van der Waals surface area contributed by atoms with E-state index in [0.29, 0.717) is 24.4 Å². The van der Waals surface area contributed by atoms with Gasteiger partial charge >= 0.3 is 0 Å². The number of thiocarbonyl (C=S) groups is 1. The van der Waals surface area contributed by atoms with Crippen molar-refractivity contribution in [3.63, 3.8) is 0 Å². The van der Waals surface area contributed by atoms with Crippen molar-refractivity contribution in [1.29, 1.82) is 0 Å². The van der Waals surface area contributed by atoms with Gasteiger partial charge < -0.3 is 20.1 Å². The third-order valence-electron chi connectivity index (χ3n) is 2.90. The highest BCUT2D eigenvalue weighted by molar-refractivity contribution is 7.80. The molecule has 1 aromatic rings. The molecule has 1 heterocycles. The molecule has 1 aliphatic rings. The minimum absolute atomic E-state index is 0.377. The molecule has 0 fully saturated rings. The molecule has 0 saturated heterocycles. The van der Waals surface area contributed by atoms with E-state index in [-0.39, 0.29) is 0 Å². The van der Waals surface area contributed by atoms with Gasteiger partial charge in [0.25, 0.3) is 0 Å². The molecule has 1 atom stereocenters. The van der Waals surface area contributed by atoms with Crippen molar-refractivity contribution in [2.75, 3.05) is 18.5 Å². The Kier molecular flexibility index (Phi) is 4.85. The van der Waals surface area contributed by atoms with Gasteiger partial charge in [0.1, 0.15) is 13.2 Å². The van der Waals surface area contributed by atoms with Gasteiger partial charge in [-0.05, 0) is 37.7 Å². The van der Waals surface area contributed by atoms with Crippen LogP contribution in [-0.2, 0) is 0 Å². The maximum Gasteiger partial charge on any atom is 0.170 e. The second-order valence-corrected chi connectivity index (χ2v) is 5.05. The predicted octanol–water partition coefficient (Wildman–Crippen LogP) is 2.93. The van der Waals surface area contributed by atoms with E-state index in [1.807, 2.05) is 18.2 Å². The molecule has 0 amide bonds. The third-order valence-corrected chi connectivity index (χ3v) is 3.12. The van der Waals surface area contributed by atoms with Gasteiger partial charge in [0.2, 0.25) is 0 Å². The fraction of sp³-hybridized carbons (Fsp3) is 0.500. The molecule has 2 N–H and O–H groups in total. The van der Waals surface area contributed by atoms with E-state index < -0.39 is 0 Å². The van der Waals surface area contributed by atoms with Crippen molar-refractivity contribution in [2.45, 2.75) is 32.7 Å². The van der Waals surface area contributed by atoms with E-state index in [1.165, 1.54) is 0 Å². The van der Waals surface area contributed by atoms with Crippen molar-refractivity contribution in [2.24, 2.45) is 0 Å². The summed E-state index contributed by atoms with van der Waals surface area (Å²) in [7, 11) is 0. The van der Waals surface area contributed by atoms with Gasteiger partial charge in [-0.15, -0.1) is 0 Å². The zero-order valence-corrected chi connectivity index (χ0v) is 12.2. The van der Waals surface area contributed by atoms with E-state index in [4.69, 9.17) is 21.7 Å². The molecule has 2 rings (SSSR count). The molecule has 4 nitrogen and oxygen atoms in total. The lowest BCUT2D eigenvalue weighted by molar-refractivity contribution is 0.171. The zero-order chi connectivity index (χ0) is 13.7. The second-order valence-electron chi connectivity index (χ2n) is 4.65. The molecule has 0 aliphatic carbocycles. The molecule has 0 unspecified atom stereocenters. The summed E-state index contributed by atoms with van der Waals surface area (Å²) < 4.78 is 11.0. The average molecular weight is 280 g/mol. The molecular weight excluding hydrogens is 260 g/mol. The van der Waals surface area contributed by atoms with E-state index in [9.17, 15) is 0 Å². The molecule has 1 aliphatic heterocycles. The summed E-state index contributed by atoms with van der Waals surface area (Å²) >= 11 is 5.29. The lowest BCUT2D eigenvalue weighted by Crippen LogP contribution is -2.35. The number of nitrogens with one attached hydrogen (secondary N) is 2. The van der Waals surface area contributed by atoms with Gasteiger partial charge in [-0.3, -0.25) is 0 Å². The number of hydrogen-bond donors (Lipinski definition) is 2. The van der Waals surface area contributed by atoms with Crippen molar-refractivity contribution in [3.05, 3.63) is 18.2 Å². The van der Waals surface area contributed by atoms with Gasteiger partial charge in [0.15, 0.2) is 16.6 Å². The van der Waals surface area contributed by atoms with Crippen LogP contribution in [0.1, 0.15) is 26.7 Å². The molecule has 0 saturated carbocycles. The van der Waals surface area contributed by atoms with Gasteiger partial charge in [-0.2, -0.15) is 0 Å². The van der Waals surface area contributed by atoms with Crippen molar-refractivity contribution < 1.29 is 9.47 Å². The Bertz CT molecular complexity index is 451. The van der Waals surface area contributed by atoms with E-state index >= 15 is 0 Å². The number of benzene rings is 1. The Morgan fingerprint density at radius 2 is 2.05 bits per heavy atom. The average Bonchev–Trinajstić information content (AvgIpc) is 2.38. The topological polar surface area (TPSA) is 42.5 Å². The SMILES string of the molecule is CCC[C@H](C)NC(=S)Nc1ccc2c(c1)OCCO2. The molecule has 0 bridgehead atoms. The first-order valence-electron chi connectivity index (χ1n) is 6.66. The van der Waals surface area contributed by atoms with E-state index in [1.54, 1.807) is 0 Å². The van der Waals surface area contributed by atoms with Crippen LogP contribution in [-0.4, -0.2) is 24.4 Å². The molecule has 0 radical (unpaired) electrons. The van der Waals surface area contributed by atoms with Crippen LogP contribution >= 0.6 is 12.2 Å². The van der Waals surface area contributed by atoms with Crippen LogP contribution in [0.2, 0.25) is 0 Å². The summed E-state index contributed by atoms with van der Waals surface area (Å²) in [6.07, 6.45) is 2.24. The molecule has 1 aromatic carbocycles. The lowest BCUT2D eigenvalue weighted by atomic mass is 10.2. The molecule has 104 valence electrons. The summed E-state index contributed by atoms with van der Waals surface area (Å²) in [4.78, 5) is 0. The van der Waals surface area contributed by atoms with Crippen LogP contribution in [0.4, 0.5) is 5.69 Å². The standard InChI is InChI=1S/C14H20N2O2S/c1-3-4-10(2)15-14(19)16-11-5-6-12-13(9-11)18-8-7-17-12/h5-6,9-10H,3-4,7-8H2,1-2H3,(H2,15,16,19)/t10-/m0/s1. The Morgan fingerprint density at radius 3 is 2.79 bits per heavy atom. The fourth-order valence-electron chi connectivity index (χ4n) is 2.02. The second kappa shape index (κ2) is 6.61. The Hall–Kier alpha value is -1.49. The van der Waals surface area contributed by atoms with Crippen molar-refractivity contribution in [3.8, 4) is 11.5 Å². The van der Waals surface area contributed by atoms with Crippen molar-refractivity contribution in [1.82, 2.24) is 5.32 Å². The monoisotopic (exact) mass is 280 g/mol. The first-order chi connectivity index (χ1) is 9.19. The first kappa shape index (κ1) is 13.9. The smallest absolute Gasteiger partial charge is 0.170 e. The third kappa shape index (κ3) is 3.99. The summed E-state index contributed by atoms with van der Waals surface area (Å²) in [6.45, 7) is 5.48. The zero-order valence-electron chi connectivity index (χ0n) is 11.4. The summed E-state index contributed by atoms with van der Waals surface area (Å²) in [5.41, 5.74) is 0.908. The lowest BCUT2D eigenvalue weighted by Gasteiger charge is -2.20. The predicted molar refractivity (Wildman–Crippen MR) is 81.2 cm³/mol. The summed E-state index contributed by atoms with van der Waals surface area (Å²) in [5, 5.41) is 7.06. The largest absolute Gasteiger partial charge is 0.486 e. The van der Waals surface area contributed by atoms with E-state index in [0.717, 1.165) is 30.0 Å². The minimum atomic E-state index is 0.377. The van der Waals surface area contributed by atoms with Crippen LogP contribution in [0.25, 0.3) is 0 Å². The Labute approximate surface area is 119 Å². The van der Waals surface area contributed by atoms with Gasteiger partial charge in [-0.25, -0.2) is 0 Å². The minimum Gasteiger partial charge on any atom is -0.486 e. The number of hydrogen-bond acceptors (Lipinski definition) is 3. The molecule has 5 heteroatoms. The summed E-state index contributed by atoms with van der Waals surface area (Å²) in [6, 6.07) is 6.12. The molecule has 0 spiro atoms.